The SMILES string of the molecule is c1cc(-c2ccc3c(c2)-c2cccc4cccc(c24)O3)cc(-c2ccc3c(c2)C2(c4ccccc4-3)c3ccccc3-c3ccc4ccccc4c32)c1. The molecule has 0 fully saturated rings. The Kier molecular flexibility index (Phi) is 5.49. The van der Waals surface area contributed by atoms with E-state index in [2.05, 4.69) is 182 Å². The topological polar surface area (TPSA) is 9.23 Å². The molecule has 52 heavy (non-hydrogen) atoms. The zero-order chi connectivity index (χ0) is 34.0. The van der Waals surface area contributed by atoms with Gasteiger partial charge in [0.15, 0.2) is 0 Å². The van der Waals surface area contributed by atoms with Crippen LogP contribution in [0.5, 0.6) is 11.5 Å². The number of benzene rings is 9. The summed E-state index contributed by atoms with van der Waals surface area (Å²) in [5.41, 5.74) is 17.5. The number of rotatable bonds is 2. The molecule has 3 aliphatic rings. The first-order valence-corrected chi connectivity index (χ1v) is 18.1. The molecule has 1 unspecified atom stereocenters. The van der Waals surface area contributed by atoms with Crippen molar-refractivity contribution < 1.29 is 4.74 Å². The van der Waals surface area contributed by atoms with Gasteiger partial charge in [0.2, 0.25) is 0 Å². The van der Waals surface area contributed by atoms with Crippen molar-refractivity contribution in [1.29, 1.82) is 0 Å². The van der Waals surface area contributed by atoms with Gasteiger partial charge in [-0.2, -0.15) is 0 Å². The molecule has 12 rings (SSSR count). The second kappa shape index (κ2) is 10.2. The number of hydrogen-bond acceptors (Lipinski definition) is 1. The van der Waals surface area contributed by atoms with E-state index in [1.54, 1.807) is 0 Å². The predicted octanol–water partition coefficient (Wildman–Crippen LogP) is 13.4. The van der Waals surface area contributed by atoms with Crippen LogP contribution in [0.4, 0.5) is 0 Å². The first kappa shape index (κ1) is 28.0. The molecule has 1 heterocycles. The molecule has 1 nitrogen and oxygen atoms in total. The lowest BCUT2D eigenvalue weighted by atomic mass is 9.69. The molecule has 1 aliphatic heterocycles. The van der Waals surface area contributed by atoms with E-state index in [1.807, 2.05) is 0 Å². The number of fused-ring (bicyclic) bond motifs is 14. The minimum absolute atomic E-state index is 0.415. The van der Waals surface area contributed by atoms with Crippen LogP contribution in [0.2, 0.25) is 0 Å². The second-order valence-corrected chi connectivity index (χ2v) is 14.4. The minimum atomic E-state index is -0.415. The summed E-state index contributed by atoms with van der Waals surface area (Å²) in [5, 5.41) is 4.98. The van der Waals surface area contributed by atoms with Crippen molar-refractivity contribution in [3.05, 3.63) is 204 Å². The van der Waals surface area contributed by atoms with Gasteiger partial charge in [0.25, 0.3) is 0 Å². The molecule has 9 aromatic carbocycles. The molecule has 0 amide bonds. The van der Waals surface area contributed by atoms with E-state index < -0.39 is 5.41 Å². The highest BCUT2D eigenvalue weighted by molar-refractivity contribution is 6.06. The van der Waals surface area contributed by atoms with E-state index in [4.69, 9.17) is 4.74 Å². The van der Waals surface area contributed by atoms with Crippen molar-refractivity contribution in [3.8, 4) is 67.1 Å². The van der Waals surface area contributed by atoms with Gasteiger partial charge in [-0.1, -0.05) is 152 Å². The van der Waals surface area contributed by atoms with E-state index in [-0.39, 0.29) is 0 Å². The van der Waals surface area contributed by atoms with Gasteiger partial charge in [-0.3, -0.25) is 0 Å². The molecule has 0 bridgehead atoms. The van der Waals surface area contributed by atoms with Crippen molar-refractivity contribution in [1.82, 2.24) is 0 Å². The van der Waals surface area contributed by atoms with Crippen LogP contribution in [-0.4, -0.2) is 0 Å². The fourth-order valence-corrected chi connectivity index (χ4v) is 9.72. The lowest BCUT2D eigenvalue weighted by molar-refractivity contribution is 0.487. The molecule has 240 valence electrons. The summed E-state index contributed by atoms with van der Waals surface area (Å²) in [6.45, 7) is 0. The minimum Gasteiger partial charge on any atom is -0.456 e. The van der Waals surface area contributed by atoms with Gasteiger partial charge < -0.3 is 4.74 Å². The maximum atomic E-state index is 6.43. The maximum Gasteiger partial charge on any atom is 0.135 e. The molecule has 0 saturated heterocycles. The molecule has 1 spiro atoms. The normalized spacial score (nSPS) is 15.5. The second-order valence-electron chi connectivity index (χ2n) is 14.4. The first-order chi connectivity index (χ1) is 25.8. The summed E-state index contributed by atoms with van der Waals surface area (Å²) in [6.07, 6.45) is 0. The fourth-order valence-electron chi connectivity index (χ4n) is 9.72. The van der Waals surface area contributed by atoms with Gasteiger partial charge >= 0.3 is 0 Å². The molecule has 1 heteroatoms. The van der Waals surface area contributed by atoms with Crippen LogP contribution in [0, 0.1) is 0 Å². The van der Waals surface area contributed by atoms with E-state index >= 15 is 0 Å². The van der Waals surface area contributed by atoms with Crippen LogP contribution in [0.3, 0.4) is 0 Å². The average Bonchev–Trinajstić information content (AvgIpc) is 3.68. The lowest BCUT2D eigenvalue weighted by Crippen LogP contribution is -2.26. The Morgan fingerprint density at radius 1 is 0.327 bits per heavy atom. The van der Waals surface area contributed by atoms with Crippen LogP contribution in [0.1, 0.15) is 22.3 Å². The molecule has 0 aromatic heterocycles. The smallest absolute Gasteiger partial charge is 0.135 e. The Balaban J connectivity index is 1.05. The van der Waals surface area contributed by atoms with Gasteiger partial charge in [0.05, 0.1) is 5.41 Å². The summed E-state index contributed by atoms with van der Waals surface area (Å²) < 4.78 is 6.43. The fraction of sp³-hybridized carbons (Fsp3) is 0.0196. The molecule has 0 radical (unpaired) electrons. The van der Waals surface area contributed by atoms with Crippen LogP contribution >= 0.6 is 0 Å². The van der Waals surface area contributed by atoms with Crippen molar-refractivity contribution in [2.75, 3.05) is 0 Å². The van der Waals surface area contributed by atoms with E-state index in [0.29, 0.717) is 0 Å². The zero-order valence-corrected chi connectivity index (χ0v) is 28.2. The summed E-state index contributed by atoms with van der Waals surface area (Å²) in [6, 6.07) is 67.3. The van der Waals surface area contributed by atoms with E-state index in [1.165, 1.54) is 93.9 Å². The van der Waals surface area contributed by atoms with Crippen molar-refractivity contribution in [3.63, 3.8) is 0 Å². The van der Waals surface area contributed by atoms with Crippen LogP contribution in [0.15, 0.2) is 182 Å². The van der Waals surface area contributed by atoms with Gasteiger partial charge in [0, 0.05) is 10.9 Å². The first-order valence-electron chi connectivity index (χ1n) is 18.1. The summed E-state index contributed by atoms with van der Waals surface area (Å²) in [7, 11) is 0. The highest BCUT2D eigenvalue weighted by atomic mass is 16.5. The zero-order valence-electron chi connectivity index (χ0n) is 28.2. The van der Waals surface area contributed by atoms with E-state index in [9.17, 15) is 0 Å². The highest BCUT2D eigenvalue weighted by Crippen LogP contribution is 2.64. The highest BCUT2D eigenvalue weighted by Gasteiger charge is 2.52. The lowest BCUT2D eigenvalue weighted by Gasteiger charge is -2.31. The Morgan fingerprint density at radius 3 is 1.77 bits per heavy atom. The van der Waals surface area contributed by atoms with Crippen molar-refractivity contribution >= 4 is 21.5 Å². The Morgan fingerprint density at radius 2 is 0.923 bits per heavy atom. The quantitative estimate of drug-likeness (QED) is 0.180. The predicted molar refractivity (Wildman–Crippen MR) is 214 cm³/mol. The van der Waals surface area contributed by atoms with Crippen LogP contribution in [-0.2, 0) is 5.41 Å². The van der Waals surface area contributed by atoms with Crippen LogP contribution in [0.25, 0.3) is 77.2 Å². The molecule has 1 atom stereocenters. The molecule has 0 N–H and O–H groups in total. The molecular weight excluding hydrogens is 629 g/mol. The van der Waals surface area contributed by atoms with E-state index in [0.717, 1.165) is 17.1 Å². The third-order valence-corrected chi connectivity index (χ3v) is 11.9. The Labute approximate surface area is 302 Å². The molecule has 2 aliphatic carbocycles. The molecule has 9 aromatic rings. The standard InChI is InChI=1S/C51H30O/c1-2-15-37-31(10-1)22-26-42-39-17-4-6-20-45(39)51(50(37)42)44-19-5-3-16-38(44)40-25-23-36(30-46(40)51)34-14-7-13-33(28-34)35-24-27-47-43(29-35)41-18-8-11-32-12-9-21-48(52-47)49(32)41/h1-30H. The monoisotopic (exact) mass is 658 g/mol. The third-order valence-electron chi connectivity index (χ3n) is 11.9. The summed E-state index contributed by atoms with van der Waals surface area (Å²) in [4.78, 5) is 0. The molecule has 0 saturated carbocycles. The van der Waals surface area contributed by atoms with Crippen molar-refractivity contribution in [2.24, 2.45) is 0 Å². The van der Waals surface area contributed by atoms with Gasteiger partial charge in [0.1, 0.15) is 11.5 Å². The number of hydrogen-bond donors (Lipinski definition) is 0. The third kappa shape index (κ3) is 3.57. The van der Waals surface area contributed by atoms with Crippen molar-refractivity contribution in [2.45, 2.75) is 5.41 Å². The maximum absolute atomic E-state index is 6.43. The van der Waals surface area contributed by atoms with Gasteiger partial charge in [-0.15, -0.1) is 0 Å². The Hall–Kier alpha value is -6.70. The number of ether oxygens (including phenoxy) is 1. The van der Waals surface area contributed by atoms with Gasteiger partial charge in [-0.25, -0.2) is 0 Å². The average molecular weight is 659 g/mol. The largest absolute Gasteiger partial charge is 0.456 e. The summed E-state index contributed by atoms with van der Waals surface area (Å²) in [5.74, 6) is 1.83. The van der Waals surface area contributed by atoms with Crippen LogP contribution < -0.4 is 4.74 Å². The molecular formula is C51H30O. The summed E-state index contributed by atoms with van der Waals surface area (Å²) >= 11 is 0. The Bertz CT molecular complexity index is 2980. The van der Waals surface area contributed by atoms with Gasteiger partial charge in [-0.05, 0) is 119 Å².